The van der Waals surface area contributed by atoms with E-state index in [-0.39, 0.29) is 17.3 Å². The van der Waals surface area contributed by atoms with E-state index in [0.29, 0.717) is 13.2 Å². The zero-order valence-corrected chi connectivity index (χ0v) is 10.9. The molecule has 0 spiro atoms. The summed E-state index contributed by atoms with van der Waals surface area (Å²) in [5.74, 6) is -1.84. The molecule has 0 saturated carbocycles. The first kappa shape index (κ1) is 14.3. The van der Waals surface area contributed by atoms with Gasteiger partial charge in [-0.2, -0.15) is 0 Å². The summed E-state index contributed by atoms with van der Waals surface area (Å²) in [6.07, 6.45) is 0.721. The molecule has 1 aromatic carbocycles. The maximum atomic E-state index is 13.2. The predicted molar refractivity (Wildman–Crippen MR) is 69.4 cm³/mol. The minimum atomic E-state index is -1.23. The van der Waals surface area contributed by atoms with Crippen molar-refractivity contribution in [3.63, 3.8) is 0 Å². The highest BCUT2D eigenvalue weighted by molar-refractivity contribution is 6.00. The van der Waals surface area contributed by atoms with E-state index in [1.54, 1.807) is 7.05 Å². The van der Waals surface area contributed by atoms with Gasteiger partial charge in [-0.3, -0.25) is 0 Å². The van der Waals surface area contributed by atoms with Crippen molar-refractivity contribution in [1.82, 2.24) is 4.90 Å². The number of benzene rings is 1. The average Bonchev–Trinajstić information content (AvgIpc) is 2.91. The molecule has 2 rings (SSSR count). The van der Waals surface area contributed by atoms with Crippen molar-refractivity contribution in [2.24, 2.45) is 0 Å². The van der Waals surface area contributed by atoms with E-state index in [2.05, 4.69) is 5.32 Å². The van der Waals surface area contributed by atoms with Crippen molar-refractivity contribution in [2.45, 2.75) is 12.5 Å². The summed E-state index contributed by atoms with van der Waals surface area (Å²) in [4.78, 5) is 24.5. The number of carbonyl (C=O) groups is 2. The maximum absolute atomic E-state index is 13.2. The van der Waals surface area contributed by atoms with Gasteiger partial charge in [-0.1, -0.05) is 0 Å². The number of hydrogen-bond acceptors (Lipinski definition) is 3. The fourth-order valence-corrected chi connectivity index (χ4v) is 2.00. The van der Waals surface area contributed by atoms with Gasteiger partial charge in [0.2, 0.25) is 0 Å². The molecule has 1 aliphatic heterocycles. The summed E-state index contributed by atoms with van der Waals surface area (Å²) in [6.45, 7) is 1.03. The van der Waals surface area contributed by atoms with E-state index in [4.69, 9.17) is 9.84 Å². The molecule has 0 aromatic heterocycles. The van der Waals surface area contributed by atoms with E-state index in [1.165, 1.54) is 4.90 Å². The van der Waals surface area contributed by atoms with Crippen LogP contribution in [0, 0.1) is 5.82 Å². The molecule has 1 fully saturated rings. The number of rotatable bonds is 3. The van der Waals surface area contributed by atoms with E-state index < -0.39 is 17.8 Å². The number of nitrogens with zero attached hydrogens (tertiary/aromatic N) is 1. The van der Waals surface area contributed by atoms with Gasteiger partial charge in [0.1, 0.15) is 5.82 Å². The fourth-order valence-electron chi connectivity index (χ4n) is 2.00. The topological polar surface area (TPSA) is 78.9 Å². The Balaban J connectivity index is 2.14. The Morgan fingerprint density at radius 1 is 1.50 bits per heavy atom. The number of nitrogens with one attached hydrogen (secondary N) is 1. The summed E-state index contributed by atoms with van der Waals surface area (Å²) in [5, 5.41) is 11.4. The number of ether oxygens (including phenoxy) is 1. The first-order valence-electron chi connectivity index (χ1n) is 6.13. The van der Waals surface area contributed by atoms with E-state index in [1.807, 2.05) is 0 Å². The van der Waals surface area contributed by atoms with Gasteiger partial charge in [-0.25, -0.2) is 14.0 Å². The van der Waals surface area contributed by atoms with Crippen LogP contribution in [0.15, 0.2) is 18.2 Å². The van der Waals surface area contributed by atoms with Crippen LogP contribution in [0.2, 0.25) is 0 Å². The third-order valence-electron chi connectivity index (χ3n) is 3.23. The predicted octanol–water partition coefficient (Wildman–Crippen LogP) is 1.78. The van der Waals surface area contributed by atoms with Gasteiger partial charge in [0.25, 0.3) is 0 Å². The first-order chi connectivity index (χ1) is 9.49. The number of carboxylic acid groups (broad SMARTS) is 1. The van der Waals surface area contributed by atoms with E-state index in [9.17, 15) is 14.0 Å². The van der Waals surface area contributed by atoms with Gasteiger partial charge in [0, 0.05) is 13.7 Å². The first-order valence-corrected chi connectivity index (χ1v) is 6.13. The molecule has 2 N–H and O–H groups in total. The van der Waals surface area contributed by atoms with Crippen LogP contribution >= 0.6 is 0 Å². The van der Waals surface area contributed by atoms with Crippen LogP contribution in [0.1, 0.15) is 16.8 Å². The second-order valence-electron chi connectivity index (χ2n) is 4.55. The van der Waals surface area contributed by atoms with Crippen LogP contribution in [0.4, 0.5) is 14.9 Å². The lowest BCUT2D eigenvalue weighted by molar-refractivity contribution is 0.0698. The molecule has 0 radical (unpaired) electrons. The van der Waals surface area contributed by atoms with Crippen LogP contribution in [0.3, 0.4) is 0 Å². The van der Waals surface area contributed by atoms with Crippen molar-refractivity contribution in [1.29, 1.82) is 0 Å². The molecule has 7 heteroatoms. The standard InChI is InChI=1S/C13H15FN2O4/c1-16(9-4-5-20-7-9)13(19)15-11-6-8(14)2-3-10(11)12(17)18/h2-3,6,9H,4-5,7H2,1H3,(H,15,19)(H,17,18). The van der Waals surface area contributed by atoms with Crippen LogP contribution in [0.5, 0.6) is 0 Å². The SMILES string of the molecule is CN(C(=O)Nc1cc(F)ccc1C(=O)O)C1CCOC1. The summed E-state index contributed by atoms with van der Waals surface area (Å²) in [7, 11) is 1.59. The number of carbonyl (C=O) groups excluding carboxylic acids is 1. The number of hydrogen-bond donors (Lipinski definition) is 2. The Kier molecular flexibility index (Phi) is 4.19. The third kappa shape index (κ3) is 3.05. The second kappa shape index (κ2) is 5.87. The lowest BCUT2D eigenvalue weighted by Gasteiger charge is -2.23. The average molecular weight is 282 g/mol. The molecule has 1 saturated heterocycles. The van der Waals surface area contributed by atoms with Crippen LogP contribution < -0.4 is 5.32 Å². The monoisotopic (exact) mass is 282 g/mol. The summed E-state index contributed by atoms with van der Waals surface area (Å²) in [5.41, 5.74) is -0.218. The van der Waals surface area contributed by atoms with Gasteiger partial charge in [0.15, 0.2) is 0 Å². The highest BCUT2D eigenvalue weighted by Gasteiger charge is 2.25. The minimum absolute atomic E-state index is 0.0585. The van der Waals surface area contributed by atoms with Gasteiger partial charge in [0.05, 0.1) is 23.9 Å². The lowest BCUT2D eigenvalue weighted by atomic mass is 10.1. The smallest absolute Gasteiger partial charge is 0.337 e. The Labute approximate surface area is 115 Å². The summed E-state index contributed by atoms with van der Waals surface area (Å²) >= 11 is 0. The van der Waals surface area contributed by atoms with Crippen LogP contribution in [-0.4, -0.2) is 48.3 Å². The molecule has 1 aromatic rings. The number of likely N-dealkylation sites (N-methyl/N-ethyl adjacent to an activating group) is 1. The molecular weight excluding hydrogens is 267 g/mol. The maximum Gasteiger partial charge on any atom is 0.337 e. The molecular formula is C13H15FN2O4. The minimum Gasteiger partial charge on any atom is -0.478 e. The molecule has 0 bridgehead atoms. The summed E-state index contributed by atoms with van der Waals surface area (Å²) in [6, 6.07) is 2.59. The fraction of sp³-hybridized carbons (Fsp3) is 0.385. The van der Waals surface area contributed by atoms with Gasteiger partial charge in [-0.05, 0) is 24.6 Å². The van der Waals surface area contributed by atoms with E-state index >= 15 is 0 Å². The second-order valence-corrected chi connectivity index (χ2v) is 4.55. The lowest BCUT2D eigenvalue weighted by Crippen LogP contribution is -2.40. The molecule has 1 aliphatic rings. The molecule has 2 amide bonds. The normalized spacial score (nSPS) is 17.8. The molecule has 20 heavy (non-hydrogen) atoms. The van der Waals surface area contributed by atoms with Crippen molar-refractivity contribution >= 4 is 17.7 Å². The molecule has 1 atom stereocenters. The number of amides is 2. The molecule has 1 heterocycles. The zero-order chi connectivity index (χ0) is 14.7. The zero-order valence-electron chi connectivity index (χ0n) is 10.9. The van der Waals surface area contributed by atoms with Crippen molar-refractivity contribution in [2.75, 3.05) is 25.6 Å². The highest BCUT2D eigenvalue weighted by Crippen LogP contribution is 2.19. The Bertz CT molecular complexity index is 529. The molecule has 0 aliphatic carbocycles. The van der Waals surface area contributed by atoms with Crippen molar-refractivity contribution in [3.8, 4) is 0 Å². The van der Waals surface area contributed by atoms with Crippen molar-refractivity contribution in [3.05, 3.63) is 29.6 Å². The van der Waals surface area contributed by atoms with Crippen LogP contribution in [-0.2, 0) is 4.74 Å². The van der Waals surface area contributed by atoms with Gasteiger partial charge < -0.3 is 20.1 Å². The molecule has 108 valence electrons. The molecule has 1 unspecified atom stereocenters. The van der Waals surface area contributed by atoms with Gasteiger partial charge >= 0.3 is 12.0 Å². The van der Waals surface area contributed by atoms with E-state index in [0.717, 1.165) is 24.6 Å². The quantitative estimate of drug-likeness (QED) is 0.885. The number of aromatic carboxylic acids is 1. The number of halogens is 1. The van der Waals surface area contributed by atoms with Crippen molar-refractivity contribution < 1.29 is 23.8 Å². The largest absolute Gasteiger partial charge is 0.478 e. The highest BCUT2D eigenvalue weighted by atomic mass is 19.1. The Hall–Kier alpha value is -2.15. The van der Waals surface area contributed by atoms with Crippen LogP contribution in [0.25, 0.3) is 0 Å². The van der Waals surface area contributed by atoms with Gasteiger partial charge in [-0.15, -0.1) is 0 Å². The number of carboxylic acids is 1. The third-order valence-corrected chi connectivity index (χ3v) is 3.23. The number of urea groups is 1. The Morgan fingerprint density at radius 2 is 2.25 bits per heavy atom. The summed E-state index contributed by atoms with van der Waals surface area (Å²) < 4.78 is 18.4. The Morgan fingerprint density at radius 3 is 2.85 bits per heavy atom. The molecule has 6 nitrogen and oxygen atoms in total. The number of anilines is 1.